The maximum atomic E-state index is 13.0. The fourth-order valence-electron chi connectivity index (χ4n) is 2.92. The topological polar surface area (TPSA) is 86.7 Å². The summed E-state index contributed by atoms with van der Waals surface area (Å²) in [6, 6.07) is 5.81. The number of allylic oxidation sites excluding steroid dienone is 2. The van der Waals surface area contributed by atoms with Crippen LogP contribution < -0.4 is 5.32 Å². The lowest BCUT2D eigenvalue weighted by molar-refractivity contribution is -0.140. The van der Waals surface area contributed by atoms with E-state index in [1.807, 2.05) is 0 Å². The first-order chi connectivity index (χ1) is 14.3. The van der Waals surface area contributed by atoms with Gasteiger partial charge in [0.1, 0.15) is 10.1 Å². The fraction of sp³-hybridized carbons (Fsp3) is 0.238. The molecule has 1 aromatic rings. The summed E-state index contributed by atoms with van der Waals surface area (Å²) in [5.74, 6) is -2.26. The first-order valence-electron chi connectivity index (χ1n) is 9.25. The molecule has 6 nitrogen and oxygen atoms in total. The number of aliphatic carboxylic acids is 1. The lowest BCUT2D eigenvalue weighted by Gasteiger charge is -2.15. The van der Waals surface area contributed by atoms with Crippen LogP contribution in [-0.4, -0.2) is 38.7 Å². The normalized spacial score (nSPS) is 19.9. The van der Waals surface area contributed by atoms with Crippen molar-refractivity contribution < 1.29 is 23.9 Å². The third-order valence-corrected chi connectivity index (χ3v) is 5.91. The van der Waals surface area contributed by atoms with Crippen LogP contribution in [0, 0.1) is 11.7 Å². The number of thioether (sulfide) groups is 1. The molecule has 1 heterocycles. The van der Waals surface area contributed by atoms with Crippen LogP contribution in [0.25, 0.3) is 6.08 Å². The van der Waals surface area contributed by atoms with E-state index in [-0.39, 0.29) is 24.1 Å². The third kappa shape index (κ3) is 5.64. The Bertz CT molecular complexity index is 970. The molecule has 9 heteroatoms. The van der Waals surface area contributed by atoms with Crippen molar-refractivity contribution in [1.29, 1.82) is 0 Å². The number of carbonyl (C=O) groups excluding carboxylic acids is 2. The average Bonchev–Trinajstić information content (AvgIpc) is 2.97. The maximum absolute atomic E-state index is 13.0. The van der Waals surface area contributed by atoms with Crippen LogP contribution in [0.3, 0.4) is 0 Å². The molecular weight excluding hydrogens is 427 g/mol. The predicted octanol–water partition coefficient (Wildman–Crippen LogP) is 3.47. The average molecular weight is 447 g/mol. The van der Waals surface area contributed by atoms with Crippen molar-refractivity contribution in [3.8, 4) is 0 Å². The third-order valence-electron chi connectivity index (χ3n) is 4.53. The zero-order chi connectivity index (χ0) is 21.7. The van der Waals surface area contributed by atoms with Gasteiger partial charge in [-0.05, 0) is 42.7 Å². The Morgan fingerprint density at radius 1 is 1.33 bits per heavy atom. The van der Waals surface area contributed by atoms with Gasteiger partial charge in [-0.15, -0.1) is 0 Å². The molecule has 3 rings (SSSR count). The summed E-state index contributed by atoms with van der Waals surface area (Å²) in [7, 11) is 0. The van der Waals surface area contributed by atoms with Gasteiger partial charge in [-0.2, -0.15) is 0 Å². The number of halogens is 1. The van der Waals surface area contributed by atoms with E-state index in [0.717, 1.165) is 0 Å². The summed E-state index contributed by atoms with van der Waals surface area (Å²) in [6.07, 6.45) is 7.43. The molecule has 0 radical (unpaired) electrons. The van der Waals surface area contributed by atoms with Crippen LogP contribution in [0.2, 0.25) is 0 Å². The largest absolute Gasteiger partial charge is 0.481 e. The van der Waals surface area contributed by atoms with Gasteiger partial charge in [0, 0.05) is 18.7 Å². The molecule has 2 aliphatic rings. The van der Waals surface area contributed by atoms with E-state index in [2.05, 4.69) is 5.32 Å². The molecule has 1 aromatic carbocycles. The molecular formula is C21H19FN2O4S2. The summed E-state index contributed by atoms with van der Waals surface area (Å²) in [4.78, 5) is 37.5. The number of rotatable bonds is 7. The predicted molar refractivity (Wildman–Crippen MR) is 117 cm³/mol. The van der Waals surface area contributed by atoms with Gasteiger partial charge in [0.2, 0.25) is 5.91 Å². The van der Waals surface area contributed by atoms with Crippen molar-refractivity contribution in [2.24, 2.45) is 5.92 Å². The number of amides is 2. The number of nitrogens with zero attached hydrogens (tertiary/aromatic N) is 1. The summed E-state index contributed by atoms with van der Waals surface area (Å²) in [5, 5.41) is 11.7. The number of thiocarbonyl (C=S) groups is 1. The highest BCUT2D eigenvalue weighted by Crippen LogP contribution is 2.32. The van der Waals surface area contributed by atoms with E-state index in [0.29, 0.717) is 39.9 Å². The van der Waals surface area contributed by atoms with Gasteiger partial charge >= 0.3 is 5.97 Å². The van der Waals surface area contributed by atoms with Gasteiger partial charge in [-0.3, -0.25) is 19.3 Å². The molecule has 1 unspecified atom stereocenters. The highest BCUT2D eigenvalue weighted by atomic mass is 32.2. The Hall–Kier alpha value is -2.78. The number of carbonyl (C=O) groups is 3. The molecule has 0 aromatic heterocycles. The van der Waals surface area contributed by atoms with Crippen molar-refractivity contribution in [1.82, 2.24) is 10.2 Å². The van der Waals surface area contributed by atoms with Crippen LogP contribution in [0.5, 0.6) is 0 Å². The second-order valence-electron chi connectivity index (χ2n) is 6.74. The number of carboxylic acids is 1. The number of hydrogen-bond donors (Lipinski definition) is 2. The summed E-state index contributed by atoms with van der Waals surface area (Å²) in [6.45, 7) is 0.314. The lowest BCUT2D eigenvalue weighted by Crippen LogP contribution is -2.30. The van der Waals surface area contributed by atoms with Crippen molar-refractivity contribution in [3.63, 3.8) is 0 Å². The number of carboxylic acid groups (broad SMARTS) is 1. The van der Waals surface area contributed by atoms with E-state index in [1.165, 1.54) is 28.8 Å². The van der Waals surface area contributed by atoms with Crippen molar-refractivity contribution in [3.05, 3.63) is 64.5 Å². The molecule has 0 saturated carbocycles. The highest BCUT2D eigenvalue weighted by molar-refractivity contribution is 8.26. The van der Waals surface area contributed by atoms with Crippen molar-refractivity contribution >= 4 is 52.2 Å². The zero-order valence-corrected chi connectivity index (χ0v) is 17.5. The Labute approximate surface area is 182 Å². The van der Waals surface area contributed by atoms with E-state index in [9.17, 15) is 18.8 Å². The zero-order valence-electron chi connectivity index (χ0n) is 15.8. The van der Waals surface area contributed by atoms with Crippen LogP contribution in [0.1, 0.15) is 24.8 Å². The molecule has 1 aliphatic carbocycles. The van der Waals surface area contributed by atoms with Gasteiger partial charge in [0.15, 0.2) is 0 Å². The maximum Gasteiger partial charge on any atom is 0.310 e. The minimum Gasteiger partial charge on any atom is -0.481 e. The van der Waals surface area contributed by atoms with E-state index >= 15 is 0 Å². The molecule has 30 heavy (non-hydrogen) atoms. The fourth-order valence-corrected chi connectivity index (χ4v) is 4.23. The Balaban J connectivity index is 1.48. The van der Waals surface area contributed by atoms with Gasteiger partial charge in [-0.25, -0.2) is 4.39 Å². The highest BCUT2D eigenvalue weighted by Gasteiger charge is 2.31. The summed E-state index contributed by atoms with van der Waals surface area (Å²) >= 11 is 6.45. The SMILES string of the molecule is O=C(CCCN1C(=O)/C(=C/c2ccc(F)cc2)SC1=S)NC1=CCC(C(=O)O)C=C1. The van der Waals surface area contributed by atoms with E-state index < -0.39 is 11.9 Å². The smallest absolute Gasteiger partial charge is 0.310 e. The van der Waals surface area contributed by atoms with Crippen LogP contribution >= 0.6 is 24.0 Å². The minimum absolute atomic E-state index is 0.196. The number of nitrogens with one attached hydrogen (secondary N) is 1. The van der Waals surface area contributed by atoms with Gasteiger partial charge in [-0.1, -0.05) is 48.3 Å². The molecule has 1 fully saturated rings. The van der Waals surface area contributed by atoms with Crippen LogP contribution in [-0.2, 0) is 14.4 Å². The molecule has 1 saturated heterocycles. The standard InChI is InChI=1S/C21H19FN2O4S2/c22-15-7-3-13(4-8-15)12-17-19(26)24(21(29)30-17)11-1-2-18(25)23-16-9-5-14(6-10-16)20(27)28/h3-5,7-10,12,14H,1-2,6,11H2,(H,23,25)(H,27,28)/b17-12-. The second-order valence-corrected chi connectivity index (χ2v) is 8.41. The second kappa shape index (κ2) is 9.82. The Morgan fingerprint density at radius 3 is 2.70 bits per heavy atom. The number of hydrogen-bond acceptors (Lipinski definition) is 5. The monoisotopic (exact) mass is 446 g/mol. The summed E-state index contributed by atoms with van der Waals surface area (Å²) in [5.41, 5.74) is 1.28. The molecule has 1 aliphatic heterocycles. The Kier molecular flexibility index (Phi) is 7.17. The van der Waals surface area contributed by atoms with E-state index in [1.54, 1.807) is 36.4 Å². The molecule has 2 amide bonds. The molecule has 2 N–H and O–H groups in total. The Morgan fingerprint density at radius 2 is 2.07 bits per heavy atom. The van der Waals surface area contributed by atoms with Gasteiger partial charge < -0.3 is 10.4 Å². The van der Waals surface area contributed by atoms with Gasteiger partial charge in [0.25, 0.3) is 5.91 Å². The molecule has 156 valence electrons. The number of benzene rings is 1. The van der Waals surface area contributed by atoms with E-state index in [4.69, 9.17) is 17.3 Å². The van der Waals surface area contributed by atoms with Gasteiger partial charge in [0.05, 0.1) is 10.8 Å². The molecule has 1 atom stereocenters. The lowest BCUT2D eigenvalue weighted by atomic mass is 10.00. The minimum atomic E-state index is -0.898. The molecule has 0 spiro atoms. The quantitative estimate of drug-likeness (QED) is 0.493. The first-order valence-corrected chi connectivity index (χ1v) is 10.5. The van der Waals surface area contributed by atoms with Crippen LogP contribution in [0.15, 0.2) is 53.1 Å². The van der Waals surface area contributed by atoms with Crippen LogP contribution in [0.4, 0.5) is 4.39 Å². The first kappa shape index (κ1) is 21.9. The summed E-state index contributed by atoms with van der Waals surface area (Å²) < 4.78 is 13.4. The molecule has 0 bridgehead atoms. The van der Waals surface area contributed by atoms with Crippen molar-refractivity contribution in [2.45, 2.75) is 19.3 Å². The van der Waals surface area contributed by atoms with Crippen molar-refractivity contribution in [2.75, 3.05) is 6.54 Å².